The summed E-state index contributed by atoms with van der Waals surface area (Å²) in [7, 11) is 0. The smallest absolute Gasteiger partial charge is 0.256 e. The van der Waals surface area contributed by atoms with Gasteiger partial charge in [0.2, 0.25) is 11.6 Å². The number of aryl methyl sites for hydroxylation is 2. The lowest BCUT2D eigenvalue weighted by Gasteiger charge is -2.17. The predicted molar refractivity (Wildman–Crippen MR) is 134 cm³/mol. The minimum absolute atomic E-state index is 0.225. The maximum atomic E-state index is 13.2. The van der Waals surface area contributed by atoms with Crippen LogP contribution in [0.4, 0.5) is 10.2 Å². The van der Waals surface area contributed by atoms with Gasteiger partial charge < -0.3 is 15.1 Å². The Morgan fingerprint density at radius 3 is 2.37 bits per heavy atom. The number of aromatic nitrogens is 2. The molecule has 0 aliphatic rings. The molecule has 2 amide bonds. The largest absolute Gasteiger partial charge is 0.443 e. The molecule has 0 saturated heterocycles. The van der Waals surface area contributed by atoms with Crippen molar-refractivity contribution in [2.24, 2.45) is 0 Å². The van der Waals surface area contributed by atoms with Crippen molar-refractivity contribution >= 4 is 40.5 Å². The van der Waals surface area contributed by atoms with Crippen molar-refractivity contribution in [3.63, 3.8) is 0 Å². The van der Waals surface area contributed by atoms with Crippen LogP contribution >= 0.6 is 11.8 Å². The Morgan fingerprint density at radius 1 is 1.00 bits per heavy atom. The summed E-state index contributed by atoms with van der Waals surface area (Å²) in [5.74, 6) is 0.136. The molecule has 0 saturated carbocycles. The van der Waals surface area contributed by atoms with Crippen LogP contribution in [0.15, 0.2) is 64.2 Å². The highest BCUT2D eigenvalue weighted by Crippen LogP contribution is 2.32. The van der Waals surface area contributed by atoms with Crippen molar-refractivity contribution in [2.75, 3.05) is 5.32 Å². The first-order valence-corrected chi connectivity index (χ1v) is 12.0. The Morgan fingerprint density at radius 2 is 1.69 bits per heavy atom. The third-order valence-corrected chi connectivity index (χ3v) is 6.62. The molecule has 4 aromatic rings. The molecule has 7 nitrogen and oxygen atoms in total. The van der Waals surface area contributed by atoms with E-state index in [9.17, 15) is 14.0 Å². The van der Waals surface area contributed by atoms with Gasteiger partial charge in [0.15, 0.2) is 5.16 Å². The molecular formula is C26H25FN4O3S. The summed E-state index contributed by atoms with van der Waals surface area (Å²) in [4.78, 5) is 34.6. The molecule has 2 N–H and O–H groups in total. The summed E-state index contributed by atoms with van der Waals surface area (Å²) >= 11 is 1.15. The van der Waals surface area contributed by atoms with E-state index < -0.39 is 5.25 Å². The molecule has 2 atom stereocenters. The second-order valence-electron chi connectivity index (χ2n) is 8.18. The standard InChI is InChI=1S/C26H25FN4O3S/c1-14-16(3)34-25-21(14)22(29-24(33)19-8-6-5-7-9-19)30-26(31-25)35-17(4)23(32)28-15(2)18-10-12-20(27)13-11-18/h5-13,15,17H,1-4H3,(H,28,32)(H,29,30,31,33). The van der Waals surface area contributed by atoms with Gasteiger partial charge in [0.1, 0.15) is 17.4 Å². The lowest BCUT2D eigenvalue weighted by atomic mass is 10.1. The molecule has 0 fully saturated rings. The molecule has 0 spiro atoms. The first-order chi connectivity index (χ1) is 16.7. The molecule has 2 heterocycles. The first kappa shape index (κ1) is 24.4. The van der Waals surface area contributed by atoms with Gasteiger partial charge in [-0.3, -0.25) is 9.59 Å². The Bertz CT molecular complexity index is 1370. The van der Waals surface area contributed by atoms with E-state index in [1.807, 2.05) is 26.8 Å². The summed E-state index contributed by atoms with van der Waals surface area (Å²) in [5.41, 5.74) is 2.46. The number of carbonyl (C=O) groups is 2. The van der Waals surface area contributed by atoms with Crippen LogP contribution in [0.3, 0.4) is 0 Å². The Hall–Kier alpha value is -3.72. The molecule has 180 valence electrons. The molecule has 0 bridgehead atoms. The first-order valence-electron chi connectivity index (χ1n) is 11.1. The topological polar surface area (TPSA) is 97.1 Å². The third kappa shape index (κ3) is 5.51. The minimum atomic E-state index is -0.537. The lowest BCUT2D eigenvalue weighted by Crippen LogP contribution is -2.33. The Kier molecular flexibility index (Phi) is 7.16. The number of carbonyl (C=O) groups excluding carboxylic acids is 2. The van der Waals surface area contributed by atoms with Crippen LogP contribution in [0, 0.1) is 19.7 Å². The number of rotatable bonds is 7. The number of hydrogen-bond donors (Lipinski definition) is 2. The van der Waals surface area contributed by atoms with Crippen molar-refractivity contribution in [2.45, 2.75) is 44.1 Å². The van der Waals surface area contributed by atoms with Gasteiger partial charge in [0, 0.05) is 11.1 Å². The zero-order valence-corrected chi connectivity index (χ0v) is 20.6. The van der Waals surface area contributed by atoms with Crippen LogP contribution in [0.5, 0.6) is 0 Å². The number of anilines is 1. The van der Waals surface area contributed by atoms with E-state index in [0.29, 0.717) is 33.4 Å². The maximum Gasteiger partial charge on any atom is 0.256 e. The SMILES string of the molecule is Cc1oc2nc(SC(C)C(=O)NC(C)c3ccc(F)cc3)nc(NC(=O)c3ccccc3)c2c1C. The van der Waals surface area contributed by atoms with Crippen molar-refractivity contribution in [3.8, 4) is 0 Å². The highest BCUT2D eigenvalue weighted by atomic mass is 32.2. The second kappa shape index (κ2) is 10.3. The molecule has 2 unspecified atom stereocenters. The average molecular weight is 493 g/mol. The van der Waals surface area contributed by atoms with Gasteiger partial charge >= 0.3 is 0 Å². The highest BCUT2D eigenvalue weighted by Gasteiger charge is 2.23. The Balaban J connectivity index is 1.55. The summed E-state index contributed by atoms with van der Waals surface area (Å²) in [6.45, 7) is 7.27. The molecule has 9 heteroatoms. The van der Waals surface area contributed by atoms with Crippen LogP contribution in [0.2, 0.25) is 0 Å². The fraction of sp³-hybridized carbons (Fsp3) is 0.231. The van der Waals surface area contributed by atoms with E-state index in [-0.39, 0.29) is 23.7 Å². The monoisotopic (exact) mass is 492 g/mol. The molecule has 2 aromatic carbocycles. The van der Waals surface area contributed by atoms with E-state index in [2.05, 4.69) is 20.6 Å². The fourth-order valence-electron chi connectivity index (χ4n) is 3.52. The van der Waals surface area contributed by atoms with E-state index >= 15 is 0 Å². The van der Waals surface area contributed by atoms with Crippen LogP contribution in [0.1, 0.15) is 47.1 Å². The molecule has 0 aliphatic carbocycles. The second-order valence-corrected chi connectivity index (χ2v) is 9.49. The van der Waals surface area contributed by atoms with Crippen LogP contribution in [0.25, 0.3) is 11.1 Å². The number of amides is 2. The van der Waals surface area contributed by atoms with Gasteiger partial charge in [-0.2, -0.15) is 4.98 Å². The summed E-state index contributed by atoms with van der Waals surface area (Å²) in [6, 6.07) is 14.5. The van der Waals surface area contributed by atoms with Crippen LogP contribution < -0.4 is 10.6 Å². The van der Waals surface area contributed by atoms with Gasteiger partial charge in [-0.15, -0.1) is 0 Å². The van der Waals surface area contributed by atoms with Crippen LogP contribution in [-0.2, 0) is 4.79 Å². The van der Waals surface area contributed by atoms with Gasteiger partial charge in [-0.05, 0) is 57.5 Å². The number of benzene rings is 2. The molecule has 0 radical (unpaired) electrons. The number of furan rings is 1. The van der Waals surface area contributed by atoms with E-state index in [1.54, 1.807) is 43.3 Å². The number of halogens is 1. The third-order valence-electron chi connectivity index (χ3n) is 5.66. The highest BCUT2D eigenvalue weighted by molar-refractivity contribution is 8.00. The van der Waals surface area contributed by atoms with Gasteiger partial charge in [-0.25, -0.2) is 9.37 Å². The van der Waals surface area contributed by atoms with E-state index in [4.69, 9.17) is 4.42 Å². The van der Waals surface area contributed by atoms with Crippen LogP contribution in [-0.4, -0.2) is 27.0 Å². The van der Waals surface area contributed by atoms with Gasteiger partial charge in [-0.1, -0.05) is 42.1 Å². The fourth-order valence-corrected chi connectivity index (χ4v) is 4.29. The van der Waals surface area contributed by atoms with Crippen molar-refractivity contribution < 1.29 is 18.4 Å². The number of nitrogens with zero attached hydrogens (tertiary/aromatic N) is 2. The normalized spacial score (nSPS) is 12.8. The molecule has 4 rings (SSSR count). The Labute approximate surface area is 206 Å². The van der Waals surface area contributed by atoms with Crippen molar-refractivity contribution in [3.05, 3.63) is 82.9 Å². The number of fused-ring (bicyclic) bond motifs is 1. The summed E-state index contributed by atoms with van der Waals surface area (Å²) in [5, 5.41) is 6.17. The minimum Gasteiger partial charge on any atom is -0.443 e. The lowest BCUT2D eigenvalue weighted by molar-refractivity contribution is -0.120. The summed E-state index contributed by atoms with van der Waals surface area (Å²) in [6.07, 6.45) is 0. The number of thioether (sulfide) groups is 1. The molecule has 35 heavy (non-hydrogen) atoms. The van der Waals surface area contributed by atoms with Crippen molar-refractivity contribution in [1.29, 1.82) is 0 Å². The molecular weight excluding hydrogens is 467 g/mol. The number of nitrogens with one attached hydrogen (secondary N) is 2. The molecule has 0 aliphatic heterocycles. The van der Waals surface area contributed by atoms with E-state index in [0.717, 1.165) is 22.9 Å². The van der Waals surface area contributed by atoms with E-state index in [1.165, 1.54) is 12.1 Å². The van der Waals surface area contributed by atoms with Gasteiger partial charge in [0.25, 0.3) is 5.91 Å². The number of hydrogen-bond acceptors (Lipinski definition) is 6. The zero-order valence-electron chi connectivity index (χ0n) is 19.8. The maximum absolute atomic E-state index is 13.2. The van der Waals surface area contributed by atoms with Crippen molar-refractivity contribution in [1.82, 2.24) is 15.3 Å². The zero-order chi connectivity index (χ0) is 25.1. The quantitative estimate of drug-likeness (QED) is 0.258. The molecule has 2 aromatic heterocycles. The summed E-state index contributed by atoms with van der Waals surface area (Å²) < 4.78 is 19.0. The predicted octanol–water partition coefficient (Wildman–Crippen LogP) is 5.59. The van der Waals surface area contributed by atoms with Gasteiger partial charge in [0.05, 0.1) is 16.7 Å². The average Bonchev–Trinajstić information content (AvgIpc) is 3.13.